The molecule has 0 atom stereocenters. The molecule has 1 aliphatic heterocycles. The number of sulfonamides is 1. The van der Waals surface area contributed by atoms with Crippen LogP contribution in [-0.4, -0.2) is 67.6 Å². The molecule has 204 valence electrons. The maximum Gasteiger partial charge on any atom is 0.320 e. The highest BCUT2D eigenvalue weighted by molar-refractivity contribution is 7.93. The van der Waals surface area contributed by atoms with Gasteiger partial charge in [-0.1, -0.05) is 48.9 Å². The zero-order valence-corrected chi connectivity index (χ0v) is 22.6. The van der Waals surface area contributed by atoms with E-state index in [0.717, 1.165) is 30.2 Å². The SMILES string of the molecule is CCC(=N)N1CCC(Oc2ccc(N(C/C=C/c3cccc(C(=N)N)c3)S(=O)(=O)CC(=O)O)c(Cl)c2)CC1. The van der Waals surface area contributed by atoms with Crippen LogP contribution in [0.3, 0.4) is 0 Å². The first-order valence-electron chi connectivity index (χ1n) is 12.1. The van der Waals surface area contributed by atoms with Crippen molar-refractivity contribution in [1.29, 1.82) is 10.8 Å². The molecule has 1 fully saturated rings. The monoisotopic (exact) mass is 561 g/mol. The van der Waals surface area contributed by atoms with E-state index in [1.807, 2.05) is 11.8 Å². The second kappa shape index (κ2) is 12.8. The Morgan fingerprint density at radius 1 is 1.24 bits per heavy atom. The summed E-state index contributed by atoms with van der Waals surface area (Å²) in [5.74, 6) is -1.58. The van der Waals surface area contributed by atoms with Gasteiger partial charge in [0.05, 0.1) is 23.1 Å². The zero-order chi connectivity index (χ0) is 27.9. The van der Waals surface area contributed by atoms with E-state index < -0.39 is 21.7 Å². The molecule has 3 rings (SSSR count). The third kappa shape index (κ3) is 7.72. The first-order valence-corrected chi connectivity index (χ1v) is 14.1. The fourth-order valence-electron chi connectivity index (χ4n) is 4.11. The average Bonchev–Trinajstić information content (AvgIpc) is 2.86. The number of hydrogen-bond donors (Lipinski definition) is 4. The van der Waals surface area contributed by atoms with Crippen molar-refractivity contribution in [3.05, 3.63) is 64.7 Å². The van der Waals surface area contributed by atoms with Gasteiger partial charge < -0.3 is 20.5 Å². The maximum absolute atomic E-state index is 12.9. The predicted molar refractivity (Wildman–Crippen MR) is 150 cm³/mol. The van der Waals surface area contributed by atoms with Crippen LogP contribution in [0.5, 0.6) is 5.75 Å². The molecule has 38 heavy (non-hydrogen) atoms. The quantitative estimate of drug-likeness (QED) is 0.240. The molecule has 2 aromatic carbocycles. The third-order valence-corrected chi connectivity index (χ3v) is 8.00. The molecule has 0 saturated carbocycles. The van der Waals surface area contributed by atoms with Crippen molar-refractivity contribution in [2.75, 3.05) is 29.7 Å². The lowest BCUT2D eigenvalue weighted by Gasteiger charge is -2.33. The van der Waals surface area contributed by atoms with E-state index in [0.29, 0.717) is 29.1 Å². The molecule has 5 N–H and O–H groups in total. The van der Waals surface area contributed by atoms with Crippen LogP contribution in [0.15, 0.2) is 48.5 Å². The molecule has 0 aromatic heterocycles. The van der Waals surface area contributed by atoms with Crippen molar-refractivity contribution in [2.45, 2.75) is 32.3 Å². The number of carboxylic acid groups (broad SMARTS) is 1. The predicted octanol–water partition coefficient (Wildman–Crippen LogP) is 3.79. The average molecular weight is 562 g/mol. The number of hydrogen-bond acceptors (Lipinski definition) is 6. The Labute approximate surface area is 227 Å². The number of amidine groups is 2. The van der Waals surface area contributed by atoms with Gasteiger partial charge in [-0.25, -0.2) is 8.42 Å². The number of aliphatic carboxylic acids is 1. The minimum atomic E-state index is -4.25. The highest BCUT2D eigenvalue weighted by Gasteiger charge is 2.27. The molecule has 0 radical (unpaired) electrons. The molecule has 12 heteroatoms. The molecule has 0 aliphatic carbocycles. The summed E-state index contributed by atoms with van der Waals surface area (Å²) in [5, 5.41) is 24.8. The van der Waals surface area contributed by atoms with Gasteiger partial charge in [-0.2, -0.15) is 0 Å². The van der Waals surface area contributed by atoms with Crippen LogP contribution >= 0.6 is 11.6 Å². The van der Waals surface area contributed by atoms with E-state index in [4.69, 9.17) is 38.0 Å². The molecule has 1 aliphatic rings. The van der Waals surface area contributed by atoms with E-state index in [9.17, 15) is 13.2 Å². The lowest BCUT2D eigenvalue weighted by atomic mass is 10.1. The van der Waals surface area contributed by atoms with Crippen LogP contribution in [0.2, 0.25) is 5.02 Å². The van der Waals surface area contributed by atoms with Crippen LogP contribution in [0, 0.1) is 10.8 Å². The van der Waals surface area contributed by atoms with Crippen molar-refractivity contribution in [3.63, 3.8) is 0 Å². The summed E-state index contributed by atoms with van der Waals surface area (Å²) in [7, 11) is -4.25. The van der Waals surface area contributed by atoms with Crippen LogP contribution in [-0.2, 0) is 14.8 Å². The van der Waals surface area contributed by atoms with Gasteiger partial charge in [0.2, 0.25) is 10.0 Å². The molecule has 1 heterocycles. The van der Waals surface area contributed by atoms with Crippen molar-refractivity contribution in [1.82, 2.24) is 4.90 Å². The largest absolute Gasteiger partial charge is 0.490 e. The van der Waals surface area contributed by atoms with Gasteiger partial charge in [-0.3, -0.25) is 19.9 Å². The summed E-state index contributed by atoms with van der Waals surface area (Å²) in [5.41, 5.74) is 6.89. The Bertz CT molecular complexity index is 1320. The number of carbonyl (C=O) groups is 1. The number of carboxylic acids is 1. The fraction of sp³-hybridized carbons (Fsp3) is 0.346. The highest BCUT2D eigenvalue weighted by atomic mass is 35.5. The van der Waals surface area contributed by atoms with Crippen LogP contribution in [0.4, 0.5) is 5.69 Å². The first kappa shape index (κ1) is 29.0. The molecule has 0 unspecified atom stereocenters. The highest BCUT2D eigenvalue weighted by Crippen LogP contribution is 2.33. The summed E-state index contributed by atoms with van der Waals surface area (Å²) in [4.78, 5) is 13.3. The van der Waals surface area contributed by atoms with Gasteiger partial charge in [0, 0.05) is 44.0 Å². The number of rotatable bonds is 11. The molecular weight excluding hydrogens is 530 g/mol. The summed E-state index contributed by atoms with van der Waals surface area (Å²) < 4.78 is 32.9. The second-order valence-corrected chi connectivity index (χ2v) is 11.1. The number of nitrogens with zero attached hydrogens (tertiary/aromatic N) is 2. The Kier molecular flexibility index (Phi) is 9.76. The molecule has 0 spiro atoms. The van der Waals surface area contributed by atoms with Gasteiger partial charge >= 0.3 is 5.97 Å². The van der Waals surface area contributed by atoms with Gasteiger partial charge in [0.15, 0.2) is 5.75 Å². The Morgan fingerprint density at radius 3 is 2.55 bits per heavy atom. The van der Waals surface area contributed by atoms with Crippen LogP contribution < -0.4 is 14.8 Å². The van der Waals surface area contributed by atoms with E-state index in [-0.39, 0.29) is 29.2 Å². The number of halogens is 1. The van der Waals surface area contributed by atoms with Crippen LogP contribution in [0.1, 0.15) is 37.3 Å². The molecule has 2 aromatic rings. The Morgan fingerprint density at radius 2 is 1.95 bits per heavy atom. The van der Waals surface area contributed by atoms with E-state index in [1.54, 1.807) is 42.5 Å². The number of nitrogen functional groups attached to an aromatic ring is 1. The van der Waals surface area contributed by atoms with E-state index in [1.165, 1.54) is 12.1 Å². The Hall–Kier alpha value is -3.57. The lowest BCUT2D eigenvalue weighted by molar-refractivity contribution is -0.134. The van der Waals surface area contributed by atoms with Crippen LogP contribution in [0.25, 0.3) is 6.08 Å². The van der Waals surface area contributed by atoms with Gasteiger partial charge in [0.1, 0.15) is 17.7 Å². The third-order valence-electron chi connectivity index (χ3n) is 6.07. The summed E-state index contributed by atoms with van der Waals surface area (Å²) >= 11 is 6.49. The molecule has 10 nitrogen and oxygen atoms in total. The number of benzene rings is 2. The van der Waals surface area contributed by atoms with Crippen molar-refractivity contribution < 1.29 is 23.1 Å². The number of anilines is 1. The van der Waals surface area contributed by atoms with Crippen molar-refractivity contribution in [3.8, 4) is 5.75 Å². The standard InChI is InChI=1S/C26H32ClN5O5S/c1-2-24(28)31-13-10-20(11-14-31)37-21-8-9-23(22(27)16-21)32(38(35,36)17-25(33)34)12-4-6-18-5-3-7-19(15-18)26(29)30/h3-9,15-16,20,28H,2,10-14,17H2,1H3,(H3,29,30)(H,33,34)/b6-4+,28-24?. The first-order chi connectivity index (χ1) is 18.0. The minimum Gasteiger partial charge on any atom is -0.490 e. The number of piperidine rings is 1. The molecular formula is C26H32ClN5O5S. The van der Waals surface area contributed by atoms with E-state index >= 15 is 0 Å². The topological polar surface area (TPSA) is 161 Å². The minimum absolute atomic E-state index is 0.0571. The number of likely N-dealkylation sites (tertiary alicyclic amines) is 1. The summed E-state index contributed by atoms with van der Waals surface area (Å²) in [6.07, 6.45) is 5.35. The molecule has 0 bridgehead atoms. The van der Waals surface area contributed by atoms with Gasteiger partial charge in [-0.15, -0.1) is 0 Å². The molecule has 1 saturated heterocycles. The number of ether oxygens (including phenoxy) is 1. The van der Waals surface area contributed by atoms with Crippen molar-refractivity contribution in [2.24, 2.45) is 5.73 Å². The normalized spacial score (nSPS) is 14.4. The number of nitrogens with two attached hydrogens (primary N) is 1. The maximum atomic E-state index is 12.9. The molecule has 0 amide bonds. The second-order valence-electron chi connectivity index (χ2n) is 8.84. The zero-order valence-electron chi connectivity index (χ0n) is 21.1. The summed E-state index contributed by atoms with van der Waals surface area (Å²) in [6.45, 7) is 3.25. The lowest BCUT2D eigenvalue weighted by Crippen LogP contribution is -2.41. The van der Waals surface area contributed by atoms with Gasteiger partial charge in [-0.05, 0) is 23.8 Å². The Balaban J connectivity index is 1.78. The van der Waals surface area contributed by atoms with Crippen molar-refractivity contribution >= 4 is 51.0 Å². The van der Waals surface area contributed by atoms with Gasteiger partial charge in [0.25, 0.3) is 0 Å². The fourth-order valence-corrected chi connectivity index (χ4v) is 5.68. The number of nitrogens with one attached hydrogen (secondary N) is 2. The summed E-state index contributed by atoms with van der Waals surface area (Å²) in [6, 6.07) is 11.5. The smallest absolute Gasteiger partial charge is 0.320 e. The van der Waals surface area contributed by atoms with E-state index in [2.05, 4.69) is 0 Å².